The van der Waals surface area contributed by atoms with Gasteiger partial charge in [-0.2, -0.15) is 0 Å². The number of nitrogens with one attached hydrogen (secondary N) is 1. The zero-order valence-electron chi connectivity index (χ0n) is 22.8. The molecule has 5 rings (SSSR count). The van der Waals surface area contributed by atoms with E-state index in [9.17, 15) is 19.5 Å². The first-order chi connectivity index (χ1) is 19.9. The predicted molar refractivity (Wildman–Crippen MR) is 151 cm³/mol. The van der Waals surface area contributed by atoms with Crippen molar-refractivity contribution in [3.8, 4) is 11.5 Å². The van der Waals surface area contributed by atoms with Crippen molar-refractivity contribution >= 4 is 34.3 Å². The zero-order valence-corrected chi connectivity index (χ0v) is 22.8. The summed E-state index contributed by atoms with van der Waals surface area (Å²) >= 11 is 0. The lowest BCUT2D eigenvalue weighted by atomic mass is 10.0. The quantitative estimate of drug-likeness (QED) is 0.283. The van der Waals surface area contributed by atoms with E-state index in [1.165, 1.54) is 35.7 Å². The SMILES string of the molecule is COc1cc(C(C(=O)NCC2CCCO2)N(C(=O)Cn2nnc3ccccc32)c2ccc(C(C)=O)cc2)ccc1O. The molecular weight excluding hydrogens is 526 g/mol. The highest BCUT2D eigenvalue weighted by atomic mass is 16.5. The van der Waals surface area contributed by atoms with E-state index in [0.717, 1.165) is 12.8 Å². The molecule has 1 aliphatic heterocycles. The summed E-state index contributed by atoms with van der Waals surface area (Å²) in [6.07, 6.45) is 1.62. The molecule has 2 unspecified atom stereocenters. The van der Waals surface area contributed by atoms with Crippen LogP contribution in [0.4, 0.5) is 5.69 Å². The summed E-state index contributed by atoms with van der Waals surface area (Å²) in [7, 11) is 1.41. The fourth-order valence-electron chi connectivity index (χ4n) is 4.93. The van der Waals surface area contributed by atoms with Crippen molar-refractivity contribution in [3.63, 3.8) is 0 Å². The van der Waals surface area contributed by atoms with Crippen LogP contribution >= 0.6 is 0 Å². The molecule has 2 atom stereocenters. The van der Waals surface area contributed by atoms with E-state index in [2.05, 4.69) is 15.6 Å². The molecule has 2 amide bonds. The number of hydrogen-bond donors (Lipinski definition) is 2. The number of anilines is 1. The van der Waals surface area contributed by atoms with Gasteiger partial charge in [0.15, 0.2) is 17.3 Å². The number of rotatable bonds is 10. The van der Waals surface area contributed by atoms with Crippen molar-refractivity contribution in [1.82, 2.24) is 20.3 Å². The molecule has 1 saturated heterocycles. The number of nitrogens with zero attached hydrogens (tertiary/aromatic N) is 4. The number of ether oxygens (including phenoxy) is 2. The molecule has 1 fully saturated rings. The number of methoxy groups -OCH3 is 1. The molecule has 11 heteroatoms. The number of Topliss-reactive ketones (excluding diaryl/α,β-unsaturated/α-hetero) is 1. The van der Waals surface area contributed by atoms with Crippen LogP contribution in [0.3, 0.4) is 0 Å². The second-order valence-electron chi connectivity index (χ2n) is 9.82. The van der Waals surface area contributed by atoms with E-state index < -0.39 is 17.9 Å². The third kappa shape index (κ3) is 6.04. The summed E-state index contributed by atoms with van der Waals surface area (Å²) in [6.45, 7) is 2.17. The Morgan fingerprint density at radius 1 is 1.15 bits per heavy atom. The second kappa shape index (κ2) is 12.2. The van der Waals surface area contributed by atoms with Crippen LogP contribution in [-0.2, 0) is 20.9 Å². The van der Waals surface area contributed by atoms with Gasteiger partial charge in [0, 0.05) is 24.4 Å². The molecule has 4 aromatic rings. The number of phenolic OH excluding ortho intramolecular Hbond substituents is 1. The minimum Gasteiger partial charge on any atom is -0.504 e. The molecule has 2 heterocycles. The van der Waals surface area contributed by atoms with Gasteiger partial charge in [0.05, 0.1) is 18.7 Å². The van der Waals surface area contributed by atoms with Crippen LogP contribution in [0, 0.1) is 0 Å². The number of aromatic nitrogens is 3. The van der Waals surface area contributed by atoms with Crippen LogP contribution in [0.15, 0.2) is 66.7 Å². The lowest BCUT2D eigenvalue weighted by Gasteiger charge is -2.32. The van der Waals surface area contributed by atoms with E-state index in [0.29, 0.717) is 34.5 Å². The highest BCUT2D eigenvalue weighted by Crippen LogP contribution is 2.34. The fraction of sp³-hybridized carbons (Fsp3) is 0.300. The second-order valence-corrected chi connectivity index (χ2v) is 9.82. The van der Waals surface area contributed by atoms with Crippen LogP contribution in [0.5, 0.6) is 11.5 Å². The maximum absolute atomic E-state index is 14.2. The number of aromatic hydroxyl groups is 1. The molecular formula is C30H31N5O6. The molecule has 1 aliphatic rings. The largest absolute Gasteiger partial charge is 0.504 e. The van der Waals surface area contributed by atoms with Crippen molar-refractivity contribution in [1.29, 1.82) is 0 Å². The summed E-state index contributed by atoms with van der Waals surface area (Å²) < 4.78 is 12.5. The summed E-state index contributed by atoms with van der Waals surface area (Å²) in [4.78, 5) is 41.4. The van der Waals surface area contributed by atoms with Crippen molar-refractivity contribution in [2.45, 2.75) is 38.5 Å². The molecule has 41 heavy (non-hydrogen) atoms. The lowest BCUT2D eigenvalue weighted by molar-refractivity contribution is -0.127. The number of phenols is 1. The van der Waals surface area contributed by atoms with Gasteiger partial charge in [-0.15, -0.1) is 5.10 Å². The van der Waals surface area contributed by atoms with Gasteiger partial charge in [0.25, 0.3) is 0 Å². The summed E-state index contributed by atoms with van der Waals surface area (Å²) in [5.74, 6) is -0.965. The molecule has 0 spiro atoms. The van der Waals surface area contributed by atoms with Crippen LogP contribution in [-0.4, -0.2) is 64.1 Å². The van der Waals surface area contributed by atoms with Crippen LogP contribution in [0.2, 0.25) is 0 Å². The molecule has 0 bridgehead atoms. The highest BCUT2D eigenvalue weighted by Gasteiger charge is 2.34. The summed E-state index contributed by atoms with van der Waals surface area (Å²) in [5.41, 5.74) is 2.57. The maximum atomic E-state index is 14.2. The molecule has 0 saturated carbocycles. The number of carbonyl (C=O) groups is 3. The van der Waals surface area contributed by atoms with Gasteiger partial charge in [-0.3, -0.25) is 19.3 Å². The third-order valence-electron chi connectivity index (χ3n) is 7.08. The Kier molecular flexibility index (Phi) is 8.25. The van der Waals surface area contributed by atoms with Crippen molar-refractivity contribution in [2.24, 2.45) is 0 Å². The number of ketones is 1. The molecule has 212 valence electrons. The normalized spacial score (nSPS) is 15.4. The standard InChI is InChI=1S/C30H31N5O6/c1-19(36)20-9-12-22(13-10-20)35(28(38)18-34-25-8-4-3-7-24(25)32-33-34)29(21-11-14-26(37)27(16-21)40-2)30(39)31-17-23-6-5-15-41-23/h3-4,7-14,16,23,29,37H,5-6,15,17-18H2,1-2H3,(H,31,39). The van der Waals surface area contributed by atoms with Gasteiger partial charge >= 0.3 is 0 Å². The Morgan fingerprint density at radius 2 is 1.93 bits per heavy atom. The van der Waals surface area contributed by atoms with Crippen molar-refractivity contribution in [2.75, 3.05) is 25.2 Å². The first kappa shape index (κ1) is 27.8. The smallest absolute Gasteiger partial charge is 0.249 e. The fourth-order valence-corrected chi connectivity index (χ4v) is 4.93. The molecule has 0 radical (unpaired) electrons. The Hall–Kier alpha value is -4.77. The Labute approximate surface area is 236 Å². The Balaban J connectivity index is 1.58. The van der Waals surface area contributed by atoms with Gasteiger partial charge in [0.1, 0.15) is 18.1 Å². The van der Waals surface area contributed by atoms with Crippen LogP contribution < -0.4 is 15.0 Å². The molecule has 11 nitrogen and oxygen atoms in total. The van der Waals surface area contributed by atoms with Gasteiger partial charge in [-0.05, 0) is 73.9 Å². The van der Waals surface area contributed by atoms with Gasteiger partial charge in [0.2, 0.25) is 11.8 Å². The Bertz CT molecular complexity index is 1560. The number of carbonyl (C=O) groups excluding carboxylic acids is 3. The third-order valence-corrected chi connectivity index (χ3v) is 7.08. The highest BCUT2D eigenvalue weighted by molar-refractivity contribution is 6.02. The van der Waals surface area contributed by atoms with Crippen molar-refractivity contribution < 1.29 is 29.0 Å². The van der Waals surface area contributed by atoms with E-state index in [4.69, 9.17) is 9.47 Å². The molecule has 2 N–H and O–H groups in total. The van der Waals surface area contributed by atoms with E-state index in [1.54, 1.807) is 36.4 Å². The molecule has 1 aromatic heterocycles. The number of fused-ring (bicyclic) bond motifs is 1. The predicted octanol–water partition coefficient (Wildman–Crippen LogP) is 3.42. The average molecular weight is 558 g/mol. The number of para-hydroxylation sites is 1. The topological polar surface area (TPSA) is 136 Å². The average Bonchev–Trinajstić information content (AvgIpc) is 3.65. The lowest BCUT2D eigenvalue weighted by Crippen LogP contribution is -2.46. The Morgan fingerprint density at radius 3 is 2.63 bits per heavy atom. The van der Waals surface area contributed by atoms with Crippen molar-refractivity contribution in [3.05, 3.63) is 77.9 Å². The zero-order chi connectivity index (χ0) is 28.9. The van der Waals surface area contributed by atoms with E-state index in [-0.39, 0.29) is 36.5 Å². The van der Waals surface area contributed by atoms with Gasteiger partial charge in [-0.1, -0.05) is 23.4 Å². The minimum absolute atomic E-state index is 0.104. The molecule has 3 aromatic carbocycles. The van der Waals surface area contributed by atoms with Gasteiger partial charge in [-0.25, -0.2) is 4.68 Å². The van der Waals surface area contributed by atoms with Gasteiger partial charge < -0.3 is 19.9 Å². The number of hydrogen-bond acceptors (Lipinski definition) is 8. The first-order valence-electron chi connectivity index (χ1n) is 13.3. The monoisotopic (exact) mass is 557 g/mol. The molecule has 0 aliphatic carbocycles. The first-order valence-corrected chi connectivity index (χ1v) is 13.3. The van der Waals surface area contributed by atoms with E-state index in [1.807, 2.05) is 18.2 Å². The summed E-state index contributed by atoms with van der Waals surface area (Å²) in [6, 6.07) is 17.1. The minimum atomic E-state index is -1.16. The maximum Gasteiger partial charge on any atom is 0.249 e. The number of benzene rings is 3. The van der Waals surface area contributed by atoms with Crippen LogP contribution in [0.25, 0.3) is 11.0 Å². The summed E-state index contributed by atoms with van der Waals surface area (Å²) in [5, 5.41) is 21.5. The van der Waals surface area contributed by atoms with Crippen LogP contribution in [0.1, 0.15) is 41.7 Å². The van der Waals surface area contributed by atoms with E-state index >= 15 is 0 Å². The number of amides is 2.